The van der Waals surface area contributed by atoms with E-state index in [9.17, 15) is 9.59 Å². The number of anilines is 1. The molecule has 0 aliphatic carbocycles. The zero-order valence-corrected chi connectivity index (χ0v) is 18.9. The smallest absolute Gasteiger partial charge is 0.229 e. The standard InChI is InChI=1S/C24H38N4O2/c1-4-19(2)24(30)28-12-5-6-21(18-28)23(29)25-22-9-7-20(8-10-22)11-13-27-16-14-26(3)15-17-27/h7-10,19,21H,4-6,11-18H2,1-3H3,(H,25,29). The highest BCUT2D eigenvalue weighted by atomic mass is 16.2. The van der Waals surface area contributed by atoms with E-state index < -0.39 is 0 Å². The van der Waals surface area contributed by atoms with Crippen LogP contribution in [0, 0.1) is 11.8 Å². The van der Waals surface area contributed by atoms with Gasteiger partial charge in [0.15, 0.2) is 0 Å². The molecule has 2 atom stereocenters. The van der Waals surface area contributed by atoms with Crippen molar-refractivity contribution >= 4 is 17.5 Å². The van der Waals surface area contributed by atoms with E-state index in [1.807, 2.05) is 30.9 Å². The molecule has 2 saturated heterocycles. The van der Waals surface area contributed by atoms with Crippen LogP contribution in [0.1, 0.15) is 38.7 Å². The fraction of sp³-hybridized carbons (Fsp3) is 0.667. The Hall–Kier alpha value is -1.92. The molecule has 30 heavy (non-hydrogen) atoms. The molecule has 6 heteroatoms. The average Bonchev–Trinajstić information content (AvgIpc) is 2.78. The van der Waals surface area contributed by atoms with Gasteiger partial charge in [0.05, 0.1) is 5.92 Å². The highest BCUT2D eigenvalue weighted by molar-refractivity contribution is 5.93. The molecule has 2 aliphatic heterocycles. The third-order valence-corrected chi connectivity index (χ3v) is 6.67. The number of hydrogen-bond donors (Lipinski definition) is 1. The first-order valence-corrected chi connectivity index (χ1v) is 11.6. The zero-order valence-electron chi connectivity index (χ0n) is 18.9. The van der Waals surface area contributed by atoms with Crippen LogP contribution in [0.15, 0.2) is 24.3 Å². The molecule has 166 valence electrons. The molecule has 2 fully saturated rings. The van der Waals surface area contributed by atoms with Crippen LogP contribution in [0.3, 0.4) is 0 Å². The summed E-state index contributed by atoms with van der Waals surface area (Å²) in [5.41, 5.74) is 2.14. The number of carbonyl (C=O) groups is 2. The van der Waals surface area contributed by atoms with Crippen molar-refractivity contribution in [3.05, 3.63) is 29.8 Å². The summed E-state index contributed by atoms with van der Waals surface area (Å²) >= 11 is 0. The number of nitrogens with one attached hydrogen (secondary N) is 1. The first-order chi connectivity index (χ1) is 14.5. The minimum atomic E-state index is -0.122. The van der Waals surface area contributed by atoms with Gasteiger partial charge in [-0.05, 0) is 50.4 Å². The Labute approximate surface area is 181 Å². The normalized spacial score (nSPS) is 22.0. The Morgan fingerprint density at radius 3 is 2.47 bits per heavy atom. The van der Waals surface area contributed by atoms with Gasteiger partial charge in [0, 0.05) is 57.4 Å². The topological polar surface area (TPSA) is 55.9 Å². The molecular formula is C24H38N4O2. The van der Waals surface area contributed by atoms with Crippen molar-refractivity contribution in [3.8, 4) is 0 Å². The van der Waals surface area contributed by atoms with Crippen molar-refractivity contribution < 1.29 is 9.59 Å². The predicted molar refractivity (Wildman–Crippen MR) is 121 cm³/mol. The maximum atomic E-state index is 12.8. The minimum Gasteiger partial charge on any atom is -0.342 e. The van der Waals surface area contributed by atoms with E-state index in [1.165, 1.54) is 5.56 Å². The van der Waals surface area contributed by atoms with Gasteiger partial charge in [0.25, 0.3) is 0 Å². The van der Waals surface area contributed by atoms with Crippen molar-refractivity contribution in [2.45, 2.75) is 39.5 Å². The maximum Gasteiger partial charge on any atom is 0.229 e. The molecule has 0 aromatic heterocycles. The van der Waals surface area contributed by atoms with Crippen molar-refractivity contribution in [1.29, 1.82) is 0 Å². The molecule has 1 aromatic rings. The predicted octanol–water partition coefficient (Wildman–Crippen LogP) is 2.70. The molecule has 0 radical (unpaired) electrons. The molecule has 2 aliphatic rings. The van der Waals surface area contributed by atoms with Crippen LogP contribution in [-0.4, -0.2) is 79.4 Å². The average molecular weight is 415 g/mol. The number of likely N-dealkylation sites (tertiary alicyclic amines) is 1. The molecule has 2 amide bonds. The molecule has 6 nitrogen and oxygen atoms in total. The number of benzene rings is 1. The van der Waals surface area contributed by atoms with Gasteiger partial charge in [0.1, 0.15) is 0 Å². The number of piperazine rings is 1. The largest absolute Gasteiger partial charge is 0.342 e. The first-order valence-electron chi connectivity index (χ1n) is 11.6. The highest BCUT2D eigenvalue weighted by Gasteiger charge is 2.30. The van der Waals surface area contributed by atoms with Crippen LogP contribution >= 0.6 is 0 Å². The fourth-order valence-corrected chi connectivity index (χ4v) is 4.24. The number of carbonyl (C=O) groups excluding carboxylic acids is 2. The summed E-state index contributed by atoms with van der Waals surface area (Å²) in [6.07, 6.45) is 3.62. The van der Waals surface area contributed by atoms with Gasteiger partial charge in [-0.25, -0.2) is 0 Å². The van der Waals surface area contributed by atoms with E-state index in [0.29, 0.717) is 6.54 Å². The molecule has 2 unspecified atom stereocenters. The van der Waals surface area contributed by atoms with Crippen molar-refractivity contribution in [2.75, 3.05) is 58.2 Å². The number of nitrogens with zero attached hydrogens (tertiary/aromatic N) is 3. The van der Waals surface area contributed by atoms with Gasteiger partial charge in [-0.2, -0.15) is 0 Å². The lowest BCUT2D eigenvalue weighted by Gasteiger charge is -2.33. The summed E-state index contributed by atoms with van der Waals surface area (Å²) in [7, 11) is 2.18. The van der Waals surface area contributed by atoms with Crippen molar-refractivity contribution in [1.82, 2.24) is 14.7 Å². The van der Waals surface area contributed by atoms with Crippen molar-refractivity contribution in [2.24, 2.45) is 11.8 Å². The molecule has 0 spiro atoms. The quantitative estimate of drug-likeness (QED) is 0.745. The Morgan fingerprint density at radius 2 is 1.80 bits per heavy atom. The molecule has 0 bridgehead atoms. The number of piperidine rings is 1. The van der Waals surface area contributed by atoms with Gasteiger partial charge < -0.3 is 20.0 Å². The third kappa shape index (κ3) is 6.29. The summed E-state index contributed by atoms with van der Waals surface area (Å²) in [5, 5.41) is 3.06. The van der Waals surface area contributed by atoms with E-state index in [2.05, 4.69) is 34.3 Å². The molecule has 3 rings (SSSR count). The SMILES string of the molecule is CCC(C)C(=O)N1CCCC(C(=O)Nc2ccc(CCN3CCN(C)CC3)cc2)C1. The van der Waals surface area contributed by atoms with E-state index in [-0.39, 0.29) is 23.7 Å². The Balaban J connectivity index is 1.46. The van der Waals surface area contributed by atoms with E-state index in [0.717, 1.165) is 70.6 Å². The Morgan fingerprint density at radius 1 is 1.10 bits per heavy atom. The molecular weight excluding hydrogens is 376 g/mol. The van der Waals surface area contributed by atoms with Gasteiger partial charge in [0.2, 0.25) is 11.8 Å². The van der Waals surface area contributed by atoms with Crippen LogP contribution < -0.4 is 5.32 Å². The lowest BCUT2D eigenvalue weighted by atomic mass is 9.95. The van der Waals surface area contributed by atoms with Gasteiger partial charge in [-0.15, -0.1) is 0 Å². The van der Waals surface area contributed by atoms with Gasteiger partial charge in [-0.3, -0.25) is 9.59 Å². The van der Waals surface area contributed by atoms with Crippen LogP contribution in [0.5, 0.6) is 0 Å². The number of likely N-dealkylation sites (N-methyl/N-ethyl adjacent to an activating group) is 1. The highest BCUT2D eigenvalue weighted by Crippen LogP contribution is 2.21. The number of rotatable bonds is 7. The van der Waals surface area contributed by atoms with Gasteiger partial charge in [-0.1, -0.05) is 26.0 Å². The monoisotopic (exact) mass is 414 g/mol. The molecule has 2 heterocycles. The second-order valence-electron chi connectivity index (χ2n) is 9.01. The van der Waals surface area contributed by atoms with Gasteiger partial charge >= 0.3 is 0 Å². The molecule has 1 aromatic carbocycles. The molecule has 0 saturated carbocycles. The van der Waals surface area contributed by atoms with Crippen LogP contribution in [0.25, 0.3) is 0 Å². The van der Waals surface area contributed by atoms with Crippen molar-refractivity contribution in [3.63, 3.8) is 0 Å². The number of amides is 2. The van der Waals surface area contributed by atoms with Crippen LogP contribution in [-0.2, 0) is 16.0 Å². The lowest BCUT2D eigenvalue weighted by molar-refractivity contribution is -0.138. The minimum absolute atomic E-state index is 0.0295. The zero-order chi connectivity index (χ0) is 21.5. The van der Waals surface area contributed by atoms with Crippen LogP contribution in [0.4, 0.5) is 5.69 Å². The van der Waals surface area contributed by atoms with E-state index >= 15 is 0 Å². The summed E-state index contributed by atoms with van der Waals surface area (Å²) in [5.74, 6) is 0.121. The van der Waals surface area contributed by atoms with Crippen LogP contribution in [0.2, 0.25) is 0 Å². The third-order valence-electron chi connectivity index (χ3n) is 6.67. The Bertz CT molecular complexity index is 698. The first kappa shape index (κ1) is 22.8. The fourth-order valence-electron chi connectivity index (χ4n) is 4.24. The summed E-state index contributed by atoms with van der Waals surface area (Å²) in [6.45, 7) is 11.0. The lowest BCUT2D eigenvalue weighted by Crippen LogP contribution is -2.45. The number of hydrogen-bond acceptors (Lipinski definition) is 4. The molecule has 1 N–H and O–H groups in total. The summed E-state index contributed by atoms with van der Waals surface area (Å²) < 4.78 is 0. The Kier molecular flexibility index (Phi) is 8.28. The summed E-state index contributed by atoms with van der Waals surface area (Å²) in [4.78, 5) is 32.0. The van der Waals surface area contributed by atoms with E-state index in [1.54, 1.807) is 0 Å². The maximum absolute atomic E-state index is 12.8. The van der Waals surface area contributed by atoms with E-state index in [4.69, 9.17) is 0 Å². The summed E-state index contributed by atoms with van der Waals surface area (Å²) in [6, 6.07) is 8.24. The second kappa shape index (κ2) is 10.9. The second-order valence-corrected chi connectivity index (χ2v) is 9.01.